The van der Waals surface area contributed by atoms with Gasteiger partial charge in [0, 0.05) is 21.8 Å². The predicted octanol–water partition coefficient (Wildman–Crippen LogP) is 5.30. The summed E-state index contributed by atoms with van der Waals surface area (Å²) in [7, 11) is 0. The maximum absolute atomic E-state index is 12.1. The Labute approximate surface area is 182 Å². The summed E-state index contributed by atoms with van der Waals surface area (Å²) in [5, 5.41) is 6.71. The Morgan fingerprint density at radius 3 is 2.17 bits per heavy atom. The minimum absolute atomic E-state index is 0.109. The fraction of sp³-hybridized carbons (Fsp3) is 0.0952. The fourth-order valence-electron chi connectivity index (χ4n) is 2.40. The van der Waals surface area contributed by atoms with Crippen LogP contribution in [0.15, 0.2) is 71.8 Å². The number of pyridine rings is 1. The molecule has 0 saturated carbocycles. The molecule has 0 aliphatic heterocycles. The number of amides is 2. The van der Waals surface area contributed by atoms with Gasteiger partial charge in [0.15, 0.2) is 0 Å². The molecule has 0 fully saturated rings. The van der Waals surface area contributed by atoms with E-state index in [0.717, 1.165) is 10.5 Å². The van der Waals surface area contributed by atoms with Gasteiger partial charge in [-0.25, -0.2) is 4.98 Å². The number of thioether (sulfide) groups is 1. The average Bonchev–Trinajstić information content (AvgIpc) is 2.71. The van der Waals surface area contributed by atoms with Crippen LogP contribution in [0.2, 0.25) is 10.0 Å². The highest BCUT2D eigenvalue weighted by molar-refractivity contribution is 8.00. The summed E-state index contributed by atoms with van der Waals surface area (Å²) in [5.74, 6) is 0.429. The molecule has 8 heteroatoms. The zero-order chi connectivity index (χ0) is 20.6. The number of benzene rings is 2. The number of halogens is 2. The van der Waals surface area contributed by atoms with E-state index in [4.69, 9.17) is 23.2 Å². The monoisotopic (exact) mass is 445 g/mol. The van der Waals surface area contributed by atoms with E-state index in [1.165, 1.54) is 18.0 Å². The second kappa shape index (κ2) is 10.3. The fourth-order valence-corrected chi connectivity index (χ4v) is 3.34. The van der Waals surface area contributed by atoms with E-state index < -0.39 is 0 Å². The lowest BCUT2D eigenvalue weighted by Crippen LogP contribution is -2.15. The van der Waals surface area contributed by atoms with Gasteiger partial charge >= 0.3 is 0 Å². The van der Waals surface area contributed by atoms with Gasteiger partial charge in [0.1, 0.15) is 5.82 Å². The molecular formula is C21H17Cl2N3O2S. The molecule has 3 rings (SSSR count). The number of nitrogens with zero attached hydrogens (tertiary/aromatic N) is 1. The van der Waals surface area contributed by atoms with Crippen molar-refractivity contribution in [3.63, 3.8) is 0 Å². The summed E-state index contributed by atoms with van der Waals surface area (Å²) in [6, 6.07) is 17.8. The van der Waals surface area contributed by atoms with Crippen LogP contribution in [0.25, 0.3) is 0 Å². The molecule has 0 bridgehead atoms. The summed E-state index contributed by atoms with van der Waals surface area (Å²) in [6.45, 7) is 0. The SMILES string of the molecule is O=C(Cc1ccc(Cl)cc1)Nc1ccc(SCC(=O)Nc2ccc(Cl)cn2)cc1. The lowest BCUT2D eigenvalue weighted by molar-refractivity contribution is -0.115. The maximum atomic E-state index is 12.1. The van der Waals surface area contributed by atoms with Gasteiger partial charge in [-0.2, -0.15) is 0 Å². The van der Waals surface area contributed by atoms with E-state index >= 15 is 0 Å². The van der Waals surface area contributed by atoms with E-state index in [1.807, 2.05) is 24.3 Å². The molecule has 29 heavy (non-hydrogen) atoms. The molecule has 0 unspecified atom stereocenters. The summed E-state index contributed by atoms with van der Waals surface area (Å²) in [5.41, 5.74) is 1.59. The highest BCUT2D eigenvalue weighted by atomic mass is 35.5. The van der Waals surface area contributed by atoms with E-state index in [9.17, 15) is 9.59 Å². The number of hydrogen-bond donors (Lipinski definition) is 2. The summed E-state index contributed by atoms with van der Waals surface area (Å²) in [6.07, 6.45) is 1.75. The first-order valence-corrected chi connectivity index (χ1v) is 10.4. The molecule has 0 aliphatic carbocycles. The molecule has 0 saturated heterocycles. The average molecular weight is 446 g/mol. The van der Waals surface area contributed by atoms with Crippen molar-refractivity contribution in [2.75, 3.05) is 16.4 Å². The Balaban J connectivity index is 1.45. The molecule has 0 spiro atoms. The summed E-state index contributed by atoms with van der Waals surface area (Å²) in [4.78, 5) is 29.1. The third-order valence-corrected chi connectivity index (χ3v) is 5.27. The van der Waals surface area contributed by atoms with Crippen molar-refractivity contribution in [2.45, 2.75) is 11.3 Å². The third-order valence-electron chi connectivity index (χ3n) is 3.78. The third kappa shape index (κ3) is 7.09. The van der Waals surface area contributed by atoms with Crippen LogP contribution in [0.1, 0.15) is 5.56 Å². The number of nitrogens with one attached hydrogen (secondary N) is 2. The lowest BCUT2D eigenvalue weighted by atomic mass is 10.1. The van der Waals surface area contributed by atoms with Gasteiger partial charge in [-0.1, -0.05) is 35.3 Å². The first-order chi connectivity index (χ1) is 14.0. The van der Waals surface area contributed by atoms with Crippen molar-refractivity contribution in [1.29, 1.82) is 0 Å². The number of hydrogen-bond acceptors (Lipinski definition) is 4. The minimum Gasteiger partial charge on any atom is -0.326 e. The Morgan fingerprint density at radius 1 is 0.828 bits per heavy atom. The molecule has 1 aromatic heterocycles. The van der Waals surface area contributed by atoms with Crippen LogP contribution in [0.4, 0.5) is 11.5 Å². The highest BCUT2D eigenvalue weighted by Gasteiger charge is 2.07. The Morgan fingerprint density at radius 2 is 1.52 bits per heavy atom. The molecule has 5 nitrogen and oxygen atoms in total. The zero-order valence-electron chi connectivity index (χ0n) is 15.2. The van der Waals surface area contributed by atoms with E-state index in [0.29, 0.717) is 21.6 Å². The van der Waals surface area contributed by atoms with Crippen LogP contribution < -0.4 is 10.6 Å². The summed E-state index contributed by atoms with van der Waals surface area (Å²) < 4.78 is 0. The first-order valence-electron chi connectivity index (χ1n) is 8.66. The molecule has 2 N–H and O–H groups in total. The van der Waals surface area contributed by atoms with Gasteiger partial charge < -0.3 is 10.6 Å². The van der Waals surface area contributed by atoms with Crippen LogP contribution in [0.3, 0.4) is 0 Å². The van der Waals surface area contributed by atoms with Gasteiger partial charge in [-0.3, -0.25) is 9.59 Å². The maximum Gasteiger partial charge on any atom is 0.235 e. The standard InChI is InChI=1S/C21H17Cl2N3O2S/c22-15-3-1-14(2-4-15)11-20(27)25-17-6-8-18(9-7-17)29-13-21(28)26-19-10-5-16(23)12-24-19/h1-10,12H,11,13H2,(H,25,27)(H,24,26,28). The van der Waals surface area contributed by atoms with E-state index in [2.05, 4.69) is 15.6 Å². The highest BCUT2D eigenvalue weighted by Crippen LogP contribution is 2.21. The largest absolute Gasteiger partial charge is 0.326 e. The van der Waals surface area contributed by atoms with Gasteiger partial charge in [-0.15, -0.1) is 11.8 Å². The van der Waals surface area contributed by atoms with Crippen LogP contribution in [-0.2, 0) is 16.0 Å². The van der Waals surface area contributed by atoms with Crippen molar-refractivity contribution in [3.8, 4) is 0 Å². The van der Waals surface area contributed by atoms with Crippen LogP contribution >= 0.6 is 35.0 Å². The zero-order valence-corrected chi connectivity index (χ0v) is 17.5. The summed E-state index contributed by atoms with van der Waals surface area (Å²) >= 11 is 13.0. The topological polar surface area (TPSA) is 71.1 Å². The van der Waals surface area contributed by atoms with Crippen molar-refractivity contribution in [2.24, 2.45) is 0 Å². The van der Waals surface area contributed by atoms with Crippen molar-refractivity contribution >= 4 is 58.3 Å². The van der Waals surface area contributed by atoms with E-state index in [-0.39, 0.29) is 24.0 Å². The number of carbonyl (C=O) groups excluding carboxylic acids is 2. The van der Waals surface area contributed by atoms with Crippen LogP contribution in [0.5, 0.6) is 0 Å². The van der Waals surface area contributed by atoms with Gasteiger partial charge in [0.05, 0.1) is 17.2 Å². The Kier molecular flexibility index (Phi) is 7.52. The lowest BCUT2D eigenvalue weighted by Gasteiger charge is -2.07. The molecule has 2 amide bonds. The molecule has 1 heterocycles. The molecule has 2 aromatic carbocycles. The van der Waals surface area contributed by atoms with Gasteiger partial charge in [-0.05, 0) is 54.1 Å². The Hall–Kier alpha value is -2.54. The molecule has 3 aromatic rings. The normalized spacial score (nSPS) is 10.4. The molecule has 0 aliphatic rings. The van der Waals surface area contributed by atoms with Crippen molar-refractivity contribution in [3.05, 3.63) is 82.5 Å². The molecular weight excluding hydrogens is 429 g/mol. The Bertz CT molecular complexity index is 978. The van der Waals surface area contributed by atoms with E-state index in [1.54, 1.807) is 36.4 Å². The number of carbonyl (C=O) groups is 2. The van der Waals surface area contributed by atoms with Crippen LogP contribution in [-0.4, -0.2) is 22.6 Å². The number of aromatic nitrogens is 1. The van der Waals surface area contributed by atoms with Gasteiger partial charge in [0.25, 0.3) is 0 Å². The van der Waals surface area contributed by atoms with Crippen LogP contribution in [0, 0.1) is 0 Å². The molecule has 0 atom stereocenters. The van der Waals surface area contributed by atoms with Gasteiger partial charge in [0.2, 0.25) is 11.8 Å². The molecule has 0 radical (unpaired) electrons. The second-order valence-electron chi connectivity index (χ2n) is 6.07. The second-order valence-corrected chi connectivity index (χ2v) is 8.00. The number of rotatable bonds is 7. The molecule has 148 valence electrons. The first kappa shape index (κ1) is 21.2. The predicted molar refractivity (Wildman–Crippen MR) is 119 cm³/mol. The minimum atomic E-state index is -0.162. The quantitative estimate of drug-likeness (QED) is 0.483. The number of anilines is 2. The van der Waals surface area contributed by atoms with Crippen molar-refractivity contribution < 1.29 is 9.59 Å². The smallest absolute Gasteiger partial charge is 0.235 e. The van der Waals surface area contributed by atoms with Crippen molar-refractivity contribution in [1.82, 2.24) is 4.98 Å².